The maximum Gasteiger partial charge on any atom is 0.310 e. The van der Waals surface area contributed by atoms with Gasteiger partial charge in [-0.15, -0.1) is 10.2 Å². The molecule has 0 spiro atoms. The molecule has 0 aliphatic carbocycles. The van der Waals surface area contributed by atoms with Gasteiger partial charge in [0, 0.05) is 22.8 Å². The number of nitro groups is 1. The van der Waals surface area contributed by atoms with Crippen LogP contribution in [-0.4, -0.2) is 42.1 Å². The van der Waals surface area contributed by atoms with Crippen LogP contribution in [-0.2, 0) is 6.54 Å². The Morgan fingerprint density at radius 2 is 1.59 bits per heavy atom. The van der Waals surface area contributed by atoms with Crippen LogP contribution in [0.4, 0.5) is 5.69 Å². The Kier molecular flexibility index (Phi) is 6.21. The van der Waals surface area contributed by atoms with Gasteiger partial charge in [0.1, 0.15) is 0 Å². The van der Waals surface area contributed by atoms with E-state index in [1.165, 1.54) is 4.80 Å². The molecule has 4 aromatic rings. The predicted molar refractivity (Wildman–Crippen MR) is 118 cm³/mol. The van der Waals surface area contributed by atoms with E-state index >= 15 is 0 Å². The van der Waals surface area contributed by atoms with Crippen molar-refractivity contribution in [1.29, 1.82) is 0 Å². The molecule has 0 aliphatic heterocycles. The average molecular weight is 459 g/mol. The highest BCUT2D eigenvalue weighted by Gasteiger charge is 2.16. The largest absolute Gasteiger partial charge is 0.502 e. The number of phenolic OH excluding ortho intramolecular Hbond substituents is 1. The summed E-state index contributed by atoms with van der Waals surface area (Å²) >= 11 is 0. The Labute approximate surface area is 192 Å². The second kappa shape index (κ2) is 9.56. The van der Waals surface area contributed by atoms with E-state index in [0.29, 0.717) is 12.4 Å². The van der Waals surface area contributed by atoms with E-state index < -0.39 is 28.2 Å². The first-order chi connectivity index (χ1) is 16.4. The number of amides is 2. The number of nitro benzene ring substituents is 1. The number of benzene rings is 3. The summed E-state index contributed by atoms with van der Waals surface area (Å²) in [7, 11) is 0. The Bertz CT molecular complexity index is 1350. The highest BCUT2D eigenvalue weighted by molar-refractivity contribution is 5.99. The van der Waals surface area contributed by atoms with Crippen molar-refractivity contribution in [1.82, 2.24) is 31.1 Å². The molecule has 0 atom stereocenters. The average Bonchev–Trinajstić information content (AvgIpc) is 3.31. The second-order valence-corrected chi connectivity index (χ2v) is 7.08. The number of nitrogens with zero attached hydrogens (tertiary/aromatic N) is 5. The lowest BCUT2D eigenvalue weighted by Crippen LogP contribution is -2.41. The summed E-state index contributed by atoms with van der Waals surface area (Å²) in [4.78, 5) is 35.9. The monoisotopic (exact) mass is 459 g/mol. The zero-order valence-corrected chi connectivity index (χ0v) is 17.5. The summed E-state index contributed by atoms with van der Waals surface area (Å²) in [5.74, 6) is -1.47. The van der Waals surface area contributed by atoms with Gasteiger partial charge in [0.05, 0.1) is 11.5 Å². The van der Waals surface area contributed by atoms with Crippen molar-refractivity contribution in [2.75, 3.05) is 0 Å². The molecule has 0 radical (unpaired) electrons. The van der Waals surface area contributed by atoms with Crippen LogP contribution < -0.4 is 10.9 Å². The van der Waals surface area contributed by atoms with Gasteiger partial charge in [0.25, 0.3) is 11.8 Å². The third-order valence-electron chi connectivity index (χ3n) is 4.75. The maximum atomic E-state index is 12.3. The van der Waals surface area contributed by atoms with Gasteiger partial charge in [0.15, 0.2) is 5.75 Å². The summed E-state index contributed by atoms with van der Waals surface area (Å²) in [6, 6.07) is 19.1. The number of hydrogen-bond donors (Lipinski definition) is 3. The molecule has 0 bridgehead atoms. The summed E-state index contributed by atoms with van der Waals surface area (Å²) in [5.41, 5.74) is 5.82. The molecular weight excluding hydrogens is 442 g/mol. The molecule has 34 heavy (non-hydrogen) atoms. The molecule has 12 nitrogen and oxygen atoms in total. The Balaban J connectivity index is 1.33. The molecule has 0 saturated heterocycles. The van der Waals surface area contributed by atoms with Crippen LogP contribution in [0.15, 0.2) is 72.8 Å². The fraction of sp³-hybridized carbons (Fsp3) is 0.0455. The number of tetrazole rings is 1. The highest BCUT2D eigenvalue weighted by atomic mass is 16.6. The minimum absolute atomic E-state index is 0.0612. The topological polar surface area (TPSA) is 165 Å². The number of hydrazine groups is 1. The summed E-state index contributed by atoms with van der Waals surface area (Å²) in [6.45, 7) is 0.349. The third kappa shape index (κ3) is 5.02. The molecule has 170 valence electrons. The first-order valence-corrected chi connectivity index (χ1v) is 9.91. The number of carbonyl (C=O) groups excluding carboxylic acids is 2. The van der Waals surface area contributed by atoms with Gasteiger partial charge >= 0.3 is 5.69 Å². The van der Waals surface area contributed by atoms with E-state index in [0.717, 1.165) is 29.3 Å². The Morgan fingerprint density at radius 1 is 0.941 bits per heavy atom. The number of rotatable bonds is 6. The van der Waals surface area contributed by atoms with Crippen molar-refractivity contribution < 1.29 is 19.6 Å². The molecule has 4 rings (SSSR count). The van der Waals surface area contributed by atoms with Crippen molar-refractivity contribution in [3.63, 3.8) is 0 Å². The maximum absolute atomic E-state index is 12.3. The van der Waals surface area contributed by atoms with Crippen LogP contribution in [0.5, 0.6) is 5.75 Å². The van der Waals surface area contributed by atoms with Crippen LogP contribution in [0.3, 0.4) is 0 Å². The van der Waals surface area contributed by atoms with E-state index in [1.807, 2.05) is 30.3 Å². The van der Waals surface area contributed by atoms with Gasteiger partial charge in [-0.25, -0.2) is 0 Å². The number of nitrogens with one attached hydrogen (secondary N) is 2. The van der Waals surface area contributed by atoms with Gasteiger partial charge in [-0.05, 0) is 35.0 Å². The molecule has 1 aromatic heterocycles. The minimum Gasteiger partial charge on any atom is -0.502 e. The molecule has 0 unspecified atom stereocenters. The quantitative estimate of drug-likeness (QED) is 0.291. The first kappa shape index (κ1) is 22.1. The van der Waals surface area contributed by atoms with Gasteiger partial charge in [0.2, 0.25) is 5.82 Å². The van der Waals surface area contributed by atoms with Crippen molar-refractivity contribution in [3.05, 3.63) is 99.6 Å². The predicted octanol–water partition coefficient (Wildman–Crippen LogP) is 2.08. The fourth-order valence-corrected chi connectivity index (χ4v) is 3.01. The van der Waals surface area contributed by atoms with E-state index in [1.54, 1.807) is 24.3 Å². The van der Waals surface area contributed by atoms with Gasteiger partial charge in [-0.3, -0.25) is 30.6 Å². The Morgan fingerprint density at radius 3 is 2.24 bits per heavy atom. The van der Waals surface area contributed by atoms with E-state index in [9.17, 15) is 24.8 Å². The SMILES string of the molecule is O=C(NNC(=O)c1ccc([N+](=O)[O-])c(O)c1)c1ccc(Cn2nnc(-c3ccccc3)n2)cc1. The smallest absolute Gasteiger partial charge is 0.310 e. The fourth-order valence-electron chi connectivity index (χ4n) is 3.01. The van der Waals surface area contributed by atoms with E-state index in [2.05, 4.69) is 26.3 Å². The van der Waals surface area contributed by atoms with Gasteiger partial charge in [-0.1, -0.05) is 42.5 Å². The minimum atomic E-state index is -0.774. The lowest BCUT2D eigenvalue weighted by molar-refractivity contribution is -0.385. The number of phenols is 1. The number of aromatic hydroxyl groups is 1. The molecule has 0 saturated carbocycles. The van der Waals surface area contributed by atoms with Crippen LogP contribution in [0.1, 0.15) is 26.3 Å². The number of carbonyl (C=O) groups is 2. The second-order valence-electron chi connectivity index (χ2n) is 7.08. The highest BCUT2D eigenvalue weighted by Crippen LogP contribution is 2.26. The lowest BCUT2D eigenvalue weighted by atomic mass is 10.1. The third-order valence-corrected chi connectivity index (χ3v) is 4.75. The number of aromatic nitrogens is 4. The molecule has 3 aromatic carbocycles. The van der Waals surface area contributed by atoms with Gasteiger partial charge in [-0.2, -0.15) is 4.80 Å². The van der Waals surface area contributed by atoms with Crippen LogP contribution in [0.25, 0.3) is 11.4 Å². The van der Waals surface area contributed by atoms with Crippen molar-refractivity contribution in [3.8, 4) is 17.1 Å². The molecule has 2 amide bonds. The zero-order valence-electron chi connectivity index (χ0n) is 17.5. The summed E-state index contributed by atoms with van der Waals surface area (Å²) in [6.07, 6.45) is 0. The molecule has 1 heterocycles. The molecule has 0 aliphatic rings. The normalized spacial score (nSPS) is 10.5. The van der Waals surface area contributed by atoms with E-state index in [-0.39, 0.29) is 11.1 Å². The lowest BCUT2D eigenvalue weighted by Gasteiger charge is -2.08. The Hall–Kier alpha value is -5.13. The first-order valence-electron chi connectivity index (χ1n) is 9.91. The van der Waals surface area contributed by atoms with Crippen LogP contribution >= 0.6 is 0 Å². The summed E-state index contributed by atoms with van der Waals surface area (Å²) in [5, 5.41) is 32.8. The summed E-state index contributed by atoms with van der Waals surface area (Å²) < 4.78 is 0. The van der Waals surface area contributed by atoms with Crippen LogP contribution in [0, 0.1) is 10.1 Å². The molecule has 12 heteroatoms. The molecule has 3 N–H and O–H groups in total. The molecular formula is C22H17N7O5. The molecule has 0 fully saturated rings. The van der Waals surface area contributed by atoms with Crippen molar-refractivity contribution in [2.24, 2.45) is 0 Å². The standard InChI is InChI=1S/C22H17N7O5/c30-19-12-17(10-11-18(19)29(33)34)22(32)25-24-21(31)16-8-6-14(7-9-16)13-28-26-20(23-27-28)15-4-2-1-3-5-15/h1-12,30H,13H2,(H,24,31)(H,25,32). The zero-order chi connectivity index (χ0) is 24.1. The van der Waals surface area contributed by atoms with Crippen molar-refractivity contribution in [2.45, 2.75) is 6.54 Å². The number of hydrogen-bond acceptors (Lipinski definition) is 8. The van der Waals surface area contributed by atoms with Crippen molar-refractivity contribution >= 4 is 17.5 Å². The van der Waals surface area contributed by atoms with E-state index in [4.69, 9.17) is 0 Å². The van der Waals surface area contributed by atoms with Gasteiger partial charge < -0.3 is 5.11 Å². The van der Waals surface area contributed by atoms with Crippen LogP contribution in [0.2, 0.25) is 0 Å².